The van der Waals surface area contributed by atoms with Crippen molar-refractivity contribution in [2.24, 2.45) is 7.05 Å². The van der Waals surface area contributed by atoms with Gasteiger partial charge in [0.15, 0.2) is 0 Å². The number of rotatable bonds is 3. The maximum absolute atomic E-state index is 12.4. The van der Waals surface area contributed by atoms with Crippen LogP contribution in [0.5, 0.6) is 0 Å². The fourth-order valence-electron chi connectivity index (χ4n) is 2.11. The molecular formula is C12H18N4O3. The average molecular weight is 266 g/mol. The minimum absolute atomic E-state index is 0.195. The Hall–Kier alpha value is -1.89. The van der Waals surface area contributed by atoms with Gasteiger partial charge < -0.3 is 19.5 Å². The fraction of sp³-hybridized carbons (Fsp3) is 0.583. The van der Waals surface area contributed by atoms with Gasteiger partial charge in [0.25, 0.3) is 5.91 Å². The number of nitrogens with one attached hydrogen (secondary N) is 1. The Morgan fingerprint density at radius 1 is 1.58 bits per heavy atom. The summed E-state index contributed by atoms with van der Waals surface area (Å²) in [7, 11) is 1.75. The summed E-state index contributed by atoms with van der Waals surface area (Å²) in [6.45, 7) is 3.62. The van der Waals surface area contributed by atoms with E-state index in [1.165, 1.54) is 6.20 Å². The summed E-state index contributed by atoms with van der Waals surface area (Å²) in [5.74, 6) is -0.565. The van der Waals surface area contributed by atoms with E-state index in [2.05, 4.69) is 10.3 Å². The molecule has 7 heteroatoms. The molecule has 1 unspecified atom stereocenters. The van der Waals surface area contributed by atoms with Gasteiger partial charge >= 0.3 is 5.97 Å². The summed E-state index contributed by atoms with van der Waals surface area (Å²) in [4.78, 5) is 29.8. The summed E-state index contributed by atoms with van der Waals surface area (Å²) in [5.41, 5.74) is 0.469. The van der Waals surface area contributed by atoms with Gasteiger partial charge in [0.1, 0.15) is 11.7 Å². The molecular weight excluding hydrogens is 248 g/mol. The van der Waals surface area contributed by atoms with Crippen molar-refractivity contribution >= 4 is 11.9 Å². The van der Waals surface area contributed by atoms with Crippen LogP contribution in [0.4, 0.5) is 0 Å². The highest BCUT2D eigenvalue weighted by Crippen LogP contribution is 2.11. The molecule has 7 nitrogen and oxygen atoms in total. The predicted molar refractivity (Wildman–Crippen MR) is 67.5 cm³/mol. The number of aryl methyl sites for hydroxylation is 1. The van der Waals surface area contributed by atoms with Crippen molar-refractivity contribution in [3.05, 3.63) is 18.2 Å². The minimum atomic E-state index is -0.573. The molecule has 19 heavy (non-hydrogen) atoms. The van der Waals surface area contributed by atoms with E-state index in [4.69, 9.17) is 4.74 Å². The topological polar surface area (TPSA) is 76.5 Å². The van der Waals surface area contributed by atoms with Gasteiger partial charge in [-0.15, -0.1) is 0 Å². The van der Waals surface area contributed by atoms with Crippen molar-refractivity contribution in [1.29, 1.82) is 0 Å². The highest BCUT2D eigenvalue weighted by Gasteiger charge is 2.34. The van der Waals surface area contributed by atoms with E-state index in [0.29, 0.717) is 31.9 Å². The van der Waals surface area contributed by atoms with Gasteiger partial charge in [-0.25, -0.2) is 9.78 Å². The van der Waals surface area contributed by atoms with E-state index >= 15 is 0 Å². The number of imidazole rings is 1. The quantitative estimate of drug-likeness (QED) is 0.739. The van der Waals surface area contributed by atoms with Crippen molar-refractivity contribution < 1.29 is 14.3 Å². The number of hydrogen-bond donors (Lipinski definition) is 1. The van der Waals surface area contributed by atoms with Crippen LogP contribution in [-0.4, -0.2) is 58.6 Å². The molecule has 2 rings (SSSR count). The second-order valence-corrected chi connectivity index (χ2v) is 4.36. The van der Waals surface area contributed by atoms with E-state index in [9.17, 15) is 9.59 Å². The van der Waals surface area contributed by atoms with Crippen LogP contribution in [0.15, 0.2) is 12.5 Å². The first-order valence-corrected chi connectivity index (χ1v) is 6.29. The van der Waals surface area contributed by atoms with Gasteiger partial charge in [-0.1, -0.05) is 0 Å². The monoisotopic (exact) mass is 266 g/mol. The van der Waals surface area contributed by atoms with Crippen molar-refractivity contribution in [3.63, 3.8) is 0 Å². The smallest absolute Gasteiger partial charge is 0.330 e. The van der Waals surface area contributed by atoms with Crippen molar-refractivity contribution in [3.8, 4) is 0 Å². The second kappa shape index (κ2) is 5.83. The molecule has 1 saturated heterocycles. The van der Waals surface area contributed by atoms with E-state index in [1.54, 1.807) is 29.8 Å². The maximum atomic E-state index is 12.4. The molecule has 0 spiro atoms. The van der Waals surface area contributed by atoms with Crippen LogP contribution in [0.2, 0.25) is 0 Å². The van der Waals surface area contributed by atoms with Gasteiger partial charge in [-0.3, -0.25) is 4.79 Å². The lowest BCUT2D eigenvalue weighted by Crippen LogP contribution is -2.57. The summed E-state index contributed by atoms with van der Waals surface area (Å²) < 4.78 is 6.66. The minimum Gasteiger partial charge on any atom is -0.464 e. The van der Waals surface area contributed by atoms with Gasteiger partial charge in [-0.05, 0) is 6.92 Å². The first kappa shape index (κ1) is 13.5. The van der Waals surface area contributed by atoms with Gasteiger partial charge in [-0.2, -0.15) is 0 Å². The van der Waals surface area contributed by atoms with Crippen LogP contribution < -0.4 is 5.32 Å². The molecule has 1 fully saturated rings. The molecule has 2 heterocycles. The molecule has 0 radical (unpaired) electrons. The fourth-order valence-corrected chi connectivity index (χ4v) is 2.11. The number of aromatic nitrogens is 2. The molecule has 1 aliphatic heterocycles. The molecule has 1 aromatic rings. The van der Waals surface area contributed by atoms with Crippen molar-refractivity contribution in [2.45, 2.75) is 13.0 Å². The molecule has 0 saturated carbocycles. The number of hydrogen-bond acceptors (Lipinski definition) is 5. The predicted octanol–water partition coefficient (Wildman–Crippen LogP) is -0.603. The zero-order valence-electron chi connectivity index (χ0n) is 11.1. The number of ether oxygens (including phenoxy) is 1. The Balaban J connectivity index is 2.18. The Labute approximate surface area is 111 Å². The zero-order valence-corrected chi connectivity index (χ0v) is 11.1. The molecule has 0 bridgehead atoms. The molecule has 1 amide bonds. The Kier molecular flexibility index (Phi) is 4.16. The Morgan fingerprint density at radius 2 is 2.37 bits per heavy atom. The van der Waals surface area contributed by atoms with Crippen LogP contribution >= 0.6 is 0 Å². The van der Waals surface area contributed by atoms with Crippen molar-refractivity contribution in [2.75, 3.05) is 26.2 Å². The number of nitrogens with zero attached hydrogens (tertiary/aromatic N) is 3. The van der Waals surface area contributed by atoms with E-state index in [-0.39, 0.29) is 11.9 Å². The lowest BCUT2D eigenvalue weighted by molar-refractivity contribution is -0.149. The standard InChI is InChI=1S/C12H18N4O3/c1-3-19-12(18)10-7-13-4-5-16(10)11(17)9-6-14-8-15(9)2/h6,8,10,13H,3-5,7H2,1-2H3. The highest BCUT2D eigenvalue weighted by atomic mass is 16.5. The summed E-state index contributed by atoms with van der Waals surface area (Å²) >= 11 is 0. The van der Waals surface area contributed by atoms with Crippen molar-refractivity contribution in [1.82, 2.24) is 19.8 Å². The molecule has 1 aliphatic rings. The lowest BCUT2D eigenvalue weighted by Gasteiger charge is -2.34. The molecule has 1 N–H and O–H groups in total. The number of carbonyl (C=O) groups excluding carboxylic acids is 2. The second-order valence-electron chi connectivity index (χ2n) is 4.36. The maximum Gasteiger partial charge on any atom is 0.330 e. The first-order chi connectivity index (χ1) is 9.15. The van der Waals surface area contributed by atoms with E-state index in [0.717, 1.165) is 0 Å². The third kappa shape index (κ3) is 2.76. The van der Waals surface area contributed by atoms with Gasteiger partial charge in [0.2, 0.25) is 0 Å². The molecule has 0 aliphatic carbocycles. The number of esters is 1. The van der Waals surface area contributed by atoms with Crippen LogP contribution in [-0.2, 0) is 16.6 Å². The highest BCUT2D eigenvalue weighted by molar-refractivity contribution is 5.95. The SMILES string of the molecule is CCOC(=O)C1CNCCN1C(=O)c1cncn1C. The molecule has 1 aromatic heterocycles. The zero-order chi connectivity index (χ0) is 13.8. The Bertz CT molecular complexity index is 471. The first-order valence-electron chi connectivity index (χ1n) is 6.29. The summed E-state index contributed by atoms with van der Waals surface area (Å²) in [6, 6.07) is -0.573. The normalized spacial score (nSPS) is 19.3. The van der Waals surface area contributed by atoms with Crippen LogP contribution in [0.3, 0.4) is 0 Å². The summed E-state index contributed by atoms with van der Waals surface area (Å²) in [6.07, 6.45) is 3.07. The van der Waals surface area contributed by atoms with Crippen LogP contribution in [0, 0.1) is 0 Å². The largest absolute Gasteiger partial charge is 0.464 e. The van der Waals surface area contributed by atoms with Crippen LogP contribution in [0.1, 0.15) is 17.4 Å². The number of piperazine rings is 1. The molecule has 0 aromatic carbocycles. The third-order valence-electron chi connectivity index (χ3n) is 3.10. The average Bonchev–Trinajstić information content (AvgIpc) is 2.84. The molecule has 1 atom stereocenters. The number of amides is 1. The summed E-state index contributed by atoms with van der Waals surface area (Å²) in [5, 5.41) is 3.10. The van der Waals surface area contributed by atoms with Crippen LogP contribution in [0.25, 0.3) is 0 Å². The third-order valence-corrected chi connectivity index (χ3v) is 3.10. The molecule has 104 valence electrons. The van der Waals surface area contributed by atoms with Gasteiger partial charge in [0.05, 0.1) is 19.1 Å². The lowest BCUT2D eigenvalue weighted by atomic mass is 10.1. The van der Waals surface area contributed by atoms with Gasteiger partial charge in [0, 0.05) is 26.7 Å². The Morgan fingerprint density at radius 3 is 3.00 bits per heavy atom. The van der Waals surface area contributed by atoms with E-state index < -0.39 is 6.04 Å². The van der Waals surface area contributed by atoms with E-state index in [1.807, 2.05) is 0 Å². The number of carbonyl (C=O) groups is 2.